The van der Waals surface area contributed by atoms with Crippen molar-refractivity contribution < 1.29 is 27.5 Å². The zero-order chi connectivity index (χ0) is 21.8. The number of aromatic nitrogens is 1. The Balaban J connectivity index is 1.98. The van der Waals surface area contributed by atoms with Crippen LogP contribution in [0.2, 0.25) is 5.02 Å². The molecule has 2 aromatic heterocycles. The number of pyridine rings is 1. The van der Waals surface area contributed by atoms with Crippen molar-refractivity contribution in [3.63, 3.8) is 0 Å². The van der Waals surface area contributed by atoms with E-state index in [9.17, 15) is 22.8 Å². The molecule has 0 saturated heterocycles. The normalized spacial score (nSPS) is 11.7. The lowest BCUT2D eigenvalue weighted by Crippen LogP contribution is -2.52. The number of rotatable bonds is 4. The van der Waals surface area contributed by atoms with Crippen LogP contribution in [0.5, 0.6) is 5.75 Å². The van der Waals surface area contributed by atoms with Crippen LogP contribution in [0.15, 0.2) is 23.7 Å². The summed E-state index contributed by atoms with van der Waals surface area (Å²) in [5.41, 5.74) is 3.09. The molecule has 0 saturated carbocycles. The van der Waals surface area contributed by atoms with Crippen LogP contribution in [0, 0.1) is 0 Å². The van der Waals surface area contributed by atoms with Crippen LogP contribution in [0.25, 0.3) is 0 Å². The minimum Gasteiger partial charge on any atom is -0.486 e. The quantitative estimate of drug-likeness (QED) is 0.610. The molecule has 0 unspecified atom stereocenters. The summed E-state index contributed by atoms with van der Waals surface area (Å²) < 4.78 is 43.5. The van der Waals surface area contributed by atoms with E-state index in [2.05, 4.69) is 21.2 Å². The largest absolute Gasteiger partial charge is 0.486 e. The Kier molecular flexibility index (Phi) is 6.96. The molecule has 158 valence electrons. The van der Waals surface area contributed by atoms with E-state index in [-0.39, 0.29) is 28.0 Å². The first-order valence-corrected chi connectivity index (χ1v) is 9.43. The van der Waals surface area contributed by atoms with Gasteiger partial charge in [-0.3, -0.25) is 15.2 Å². The lowest BCUT2D eigenvalue weighted by Gasteiger charge is -2.20. The number of carbonyl (C=O) groups excluding carboxylic acids is 2. The van der Waals surface area contributed by atoms with Crippen LogP contribution >= 0.6 is 22.9 Å². The van der Waals surface area contributed by atoms with Gasteiger partial charge in [-0.1, -0.05) is 11.6 Å². The second-order valence-corrected chi connectivity index (χ2v) is 8.16. The zero-order valence-corrected chi connectivity index (χ0v) is 17.2. The molecule has 2 aromatic rings. The Morgan fingerprint density at radius 3 is 2.52 bits per heavy atom. The van der Waals surface area contributed by atoms with Crippen LogP contribution in [-0.4, -0.2) is 22.5 Å². The number of hydrazine groups is 1. The smallest absolute Gasteiger partial charge is 0.417 e. The van der Waals surface area contributed by atoms with E-state index in [1.54, 1.807) is 26.2 Å². The van der Waals surface area contributed by atoms with Gasteiger partial charge in [-0.05, 0) is 38.3 Å². The number of thiophene rings is 1. The van der Waals surface area contributed by atoms with Gasteiger partial charge in [0.05, 0.1) is 16.3 Å². The zero-order valence-electron chi connectivity index (χ0n) is 15.6. The summed E-state index contributed by atoms with van der Waals surface area (Å²) in [5, 5.41) is 3.98. The van der Waals surface area contributed by atoms with E-state index >= 15 is 0 Å². The molecule has 12 heteroatoms. The SMILES string of the molecule is CC(C)(C)NC(=O)NNC(=O)c1sccc1OCc1ncc(C(F)(F)F)cc1Cl. The summed E-state index contributed by atoms with van der Waals surface area (Å²) in [4.78, 5) is 27.8. The van der Waals surface area contributed by atoms with E-state index < -0.39 is 29.2 Å². The lowest BCUT2D eigenvalue weighted by atomic mass is 10.1. The molecular formula is C17H18ClF3N4O3S. The van der Waals surface area contributed by atoms with Crippen molar-refractivity contribution in [2.45, 2.75) is 39.1 Å². The summed E-state index contributed by atoms with van der Waals surface area (Å²) in [6.07, 6.45) is -3.90. The third kappa shape index (κ3) is 6.79. The van der Waals surface area contributed by atoms with Gasteiger partial charge in [0.15, 0.2) is 0 Å². The standard InChI is InChI=1S/C17H18ClF3N4O3S/c1-16(2,3)23-15(27)25-24-14(26)13-12(4-5-29-13)28-8-11-10(18)6-9(7-22-11)17(19,20)21/h4-7H,8H2,1-3H3,(H,24,26)(H2,23,25,27). The first kappa shape index (κ1) is 22.8. The Morgan fingerprint density at radius 1 is 1.24 bits per heavy atom. The molecule has 2 rings (SSSR count). The van der Waals surface area contributed by atoms with Crippen molar-refractivity contribution in [2.75, 3.05) is 0 Å². The van der Waals surface area contributed by atoms with Gasteiger partial charge >= 0.3 is 12.2 Å². The van der Waals surface area contributed by atoms with Crippen LogP contribution < -0.4 is 20.9 Å². The molecule has 0 bridgehead atoms. The third-order valence-electron chi connectivity index (χ3n) is 3.22. The molecule has 0 aromatic carbocycles. The van der Waals surface area contributed by atoms with E-state index in [0.717, 1.165) is 17.4 Å². The van der Waals surface area contributed by atoms with Crippen molar-refractivity contribution in [3.8, 4) is 5.75 Å². The number of urea groups is 1. The third-order valence-corrected chi connectivity index (χ3v) is 4.44. The molecule has 0 atom stereocenters. The highest BCUT2D eigenvalue weighted by atomic mass is 35.5. The number of amides is 3. The van der Waals surface area contributed by atoms with Gasteiger partial charge in [0, 0.05) is 11.7 Å². The van der Waals surface area contributed by atoms with Gasteiger partial charge in [-0.2, -0.15) is 13.2 Å². The Morgan fingerprint density at radius 2 is 1.93 bits per heavy atom. The van der Waals surface area contributed by atoms with Crippen molar-refractivity contribution in [2.24, 2.45) is 0 Å². The summed E-state index contributed by atoms with van der Waals surface area (Å²) in [6.45, 7) is 5.09. The average Bonchev–Trinajstić information content (AvgIpc) is 3.05. The Labute approximate surface area is 173 Å². The van der Waals surface area contributed by atoms with Gasteiger partial charge in [-0.15, -0.1) is 11.3 Å². The number of nitrogens with zero attached hydrogens (tertiary/aromatic N) is 1. The van der Waals surface area contributed by atoms with Crippen molar-refractivity contribution in [1.82, 2.24) is 21.2 Å². The molecule has 0 aliphatic rings. The molecular weight excluding hydrogens is 433 g/mol. The maximum absolute atomic E-state index is 12.7. The van der Waals surface area contributed by atoms with Crippen molar-refractivity contribution >= 4 is 34.9 Å². The van der Waals surface area contributed by atoms with E-state index in [1.165, 1.54) is 6.07 Å². The number of hydrogen-bond acceptors (Lipinski definition) is 5. The fourth-order valence-electron chi connectivity index (χ4n) is 1.99. The molecule has 7 nitrogen and oxygen atoms in total. The van der Waals surface area contributed by atoms with Crippen LogP contribution in [0.1, 0.15) is 41.7 Å². The van der Waals surface area contributed by atoms with Gasteiger partial charge in [-0.25, -0.2) is 10.2 Å². The number of nitrogens with one attached hydrogen (secondary N) is 3. The summed E-state index contributed by atoms with van der Waals surface area (Å²) in [7, 11) is 0. The van der Waals surface area contributed by atoms with Gasteiger partial charge in [0.1, 0.15) is 17.2 Å². The second kappa shape index (κ2) is 8.87. The van der Waals surface area contributed by atoms with Crippen molar-refractivity contribution in [1.29, 1.82) is 0 Å². The van der Waals surface area contributed by atoms with E-state index in [4.69, 9.17) is 16.3 Å². The van der Waals surface area contributed by atoms with Crippen LogP contribution in [0.3, 0.4) is 0 Å². The van der Waals surface area contributed by atoms with Gasteiger partial charge < -0.3 is 10.1 Å². The van der Waals surface area contributed by atoms with E-state index in [0.29, 0.717) is 6.20 Å². The number of alkyl halides is 3. The van der Waals surface area contributed by atoms with Gasteiger partial charge in [0.2, 0.25) is 0 Å². The number of carbonyl (C=O) groups is 2. The summed E-state index contributed by atoms with van der Waals surface area (Å²) >= 11 is 6.90. The highest BCUT2D eigenvalue weighted by Crippen LogP contribution is 2.32. The molecule has 2 heterocycles. The first-order valence-electron chi connectivity index (χ1n) is 8.17. The average molecular weight is 451 g/mol. The minimum absolute atomic E-state index is 0.0832. The monoisotopic (exact) mass is 450 g/mol. The molecule has 29 heavy (non-hydrogen) atoms. The fourth-order valence-corrected chi connectivity index (χ4v) is 2.94. The van der Waals surface area contributed by atoms with Gasteiger partial charge in [0.25, 0.3) is 5.91 Å². The Bertz CT molecular complexity index is 897. The number of halogens is 4. The van der Waals surface area contributed by atoms with Crippen LogP contribution in [0.4, 0.5) is 18.0 Å². The van der Waals surface area contributed by atoms with Crippen LogP contribution in [-0.2, 0) is 12.8 Å². The topological polar surface area (TPSA) is 92.4 Å². The maximum Gasteiger partial charge on any atom is 0.417 e. The van der Waals surface area contributed by atoms with Crippen molar-refractivity contribution in [3.05, 3.63) is 44.9 Å². The van der Waals surface area contributed by atoms with E-state index in [1.807, 2.05) is 0 Å². The molecule has 0 aliphatic heterocycles. The maximum atomic E-state index is 12.7. The molecule has 0 spiro atoms. The summed E-state index contributed by atoms with van der Waals surface area (Å²) in [6, 6.07) is 1.67. The lowest BCUT2D eigenvalue weighted by molar-refractivity contribution is -0.137. The predicted octanol–water partition coefficient (Wildman–Crippen LogP) is 4.14. The molecule has 3 N–H and O–H groups in total. The molecule has 0 fully saturated rings. The molecule has 0 radical (unpaired) electrons. The predicted molar refractivity (Wildman–Crippen MR) is 102 cm³/mol. The Hall–Kier alpha value is -2.53. The fraction of sp³-hybridized carbons (Fsp3) is 0.353. The number of hydrogen-bond donors (Lipinski definition) is 3. The molecule has 3 amide bonds. The first-order chi connectivity index (χ1) is 13.4. The second-order valence-electron chi connectivity index (χ2n) is 6.84. The highest BCUT2D eigenvalue weighted by Gasteiger charge is 2.31. The summed E-state index contributed by atoms with van der Waals surface area (Å²) in [5.74, 6) is -0.450. The minimum atomic E-state index is -4.55. The number of ether oxygens (including phenoxy) is 1. The highest BCUT2D eigenvalue weighted by molar-refractivity contribution is 7.12. The molecule has 0 aliphatic carbocycles.